The Bertz CT molecular complexity index is 590. The number of primary sulfonamides is 1. The van der Waals surface area contributed by atoms with Crippen LogP contribution in [-0.4, -0.2) is 29.1 Å². The van der Waals surface area contributed by atoms with Crippen molar-refractivity contribution in [1.82, 2.24) is 4.72 Å². The van der Waals surface area contributed by atoms with Crippen LogP contribution >= 0.6 is 38.9 Å². The molecule has 11 heteroatoms. The molecule has 3 N–H and O–H groups in total. The number of sulfonamides is 2. The molecule has 1 rings (SSSR count). The highest BCUT2D eigenvalue weighted by Crippen LogP contribution is 2.34. The van der Waals surface area contributed by atoms with E-state index in [9.17, 15) is 16.8 Å². The summed E-state index contributed by atoms with van der Waals surface area (Å²) in [7, 11) is -7.44. The topological polar surface area (TPSA) is 106 Å². The van der Waals surface area contributed by atoms with Crippen molar-refractivity contribution >= 4 is 58.9 Å². The average Bonchev–Trinajstić information content (AvgIpc) is 2.45. The summed E-state index contributed by atoms with van der Waals surface area (Å²) >= 11 is 9.72. The second-order valence-electron chi connectivity index (χ2n) is 2.95. The largest absolute Gasteiger partial charge is 0.250 e. The summed E-state index contributed by atoms with van der Waals surface area (Å²) in [5.74, 6) is -0.466. The molecule has 0 saturated heterocycles. The minimum Gasteiger partial charge on any atom is -0.229 e. The molecule has 0 aliphatic heterocycles. The molecule has 0 aromatic carbocycles. The molecule has 0 radical (unpaired) electrons. The van der Waals surface area contributed by atoms with Crippen LogP contribution in [0.4, 0.5) is 0 Å². The first kappa shape index (κ1) is 15.3. The van der Waals surface area contributed by atoms with Crippen LogP contribution in [0.3, 0.4) is 0 Å². The summed E-state index contributed by atoms with van der Waals surface area (Å²) in [6.07, 6.45) is 0. The third-order valence-electron chi connectivity index (χ3n) is 1.57. The highest BCUT2D eigenvalue weighted by atomic mass is 79.9. The molecular weight excluding hydrogens is 376 g/mol. The van der Waals surface area contributed by atoms with Gasteiger partial charge in [0.1, 0.15) is 4.21 Å². The van der Waals surface area contributed by atoms with Crippen LogP contribution in [0.2, 0.25) is 5.02 Å². The lowest BCUT2D eigenvalue weighted by molar-refractivity contribution is 0.583. The predicted octanol–water partition coefficient (Wildman–Crippen LogP) is 0.731. The standard InChI is InChI=1S/C6H8BrClN2O4S3/c7-6-4(8)3-5(15-6)17(13,14)10-1-2-16(9,11)12/h3,10H,1-2H2,(H2,9,11,12). The van der Waals surface area contributed by atoms with Crippen molar-refractivity contribution in [1.29, 1.82) is 0 Å². The van der Waals surface area contributed by atoms with Crippen molar-refractivity contribution < 1.29 is 16.8 Å². The van der Waals surface area contributed by atoms with Crippen molar-refractivity contribution in [3.8, 4) is 0 Å². The summed E-state index contributed by atoms with van der Waals surface area (Å²) in [5, 5.41) is 5.02. The molecule has 0 fully saturated rings. The third-order valence-corrected chi connectivity index (χ3v) is 6.75. The summed E-state index contributed by atoms with van der Waals surface area (Å²) in [6, 6.07) is 1.27. The molecule has 6 nitrogen and oxygen atoms in total. The van der Waals surface area contributed by atoms with E-state index in [1.807, 2.05) is 0 Å². The first-order valence-electron chi connectivity index (χ1n) is 4.07. The van der Waals surface area contributed by atoms with Gasteiger partial charge in [0.05, 0.1) is 14.6 Å². The lowest BCUT2D eigenvalue weighted by Crippen LogP contribution is -2.31. The molecule has 0 saturated carbocycles. The molecule has 1 heterocycles. The van der Waals surface area contributed by atoms with Gasteiger partial charge in [-0.05, 0) is 22.0 Å². The van der Waals surface area contributed by atoms with Gasteiger partial charge in [-0.2, -0.15) is 0 Å². The Morgan fingerprint density at radius 2 is 2.00 bits per heavy atom. The van der Waals surface area contributed by atoms with Gasteiger partial charge < -0.3 is 0 Å². The molecule has 17 heavy (non-hydrogen) atoms. The van der Waals surface area contributed by atoms with E-state index >= 15 is 0 Å². The second-order valence-corrected chi connectivity index (χ2v) is 9.46. The minimum absolute atomic E-state index is 0.00351. The number of nitrogens with one attached hydrogen (secondary N) is 1. The van der Waals surface area contributed by atoms with Gasteiger partial charge in [0.15, 0.2) is 0 Å². The molecule has 0 aliphatic carbocycles. The smallest absolute Gasteiger partial charge is 0.229 e. The lowest BCUT2D eigenvalue weighted by atomic mass is 10.7. The van der Waals surface area contributed by atoms with Gasteiger partial charge in [0.2, 0.25) is 20.0 Å². The van der Waals surface area contributed by atoms with Gasteiger partial charge in [-0.1, -0.05) is 11.6 Å². The number of hydrogen-bond donors (Lipinski definition) is 2. The van der Waals surface area contributed by atoms with E-state index in [1.165, 1.54) is 6.07 Å². The zero-order valence-corrected chi connectivity index (χ0v) is 13.0. The van der Waals surface area contributed by atoms with Crippen LogP contribution < -0.4 is 9.86 Å². The van der Waals surface area contributed by atoms with Crippen LogP contribution in [0.15, 0.2) is 14.1 Å². The molecule has 0 atom stereocenters. The van der Waals surface area contributed by atoms with Crippen molar-refractivity contribution in [2.24, 2.45) is 5.14 Å². The van der Waals surface area contributed by atoms with Crippen molar-refractivity contribution in [3.63, 3.8) is 0 Å². The first-order chi connectivity index (χ1) is 7.62. The quantitative estimate of drug-likeness (QED) is 0.781. The molecule has 0 bridgehead atoms. The van der Waals surface area contributed by atoms with Crippen LogP contribution in [0.1, 0.15) is 0 Å². The van der Waals surface area contributed by atoms with Crippen LogP contribution in [0, 0.1) is 0 Å². The number of rotatable bonds is 5. The van der Waals surface area contributed by atoms with E-state index in [1.54, 1.807) is 0 Å². The fourth-order valence-electron chi connectivity index (χ4n) is 0.849. The second kappa shape index (κ2) is 5.51. The Kier molecular flexibility index (Phi) is 4.97. The molecule has 1 aromatic heterocycles. The normalized spacial score (nSPS) is 12.9. The number of thiophene rings is 1. The third kappa shape index (κ3) is 4.81. The van der Waals surface area contributed by atoms with E-state index in [0.29, 0.717) is 3.79 Å². The van der Waals surface area contributed by atoms with Crippen LogP contribution in [-0.2, 0) is 20.0 Å². The molecule has 1 aromatic rings. The molecule has 98 valence electrons. The van der Waals surface area contributed by atoms with Crippen molar-refractivity contribution in [3.05, 3.63) is 14.9 Å². The molecule has 0 unspecified atom stereocenters. The van der Waals surface area contributed by atoms with Gasteiger partial charge >= 0.3 is 0 Å². The molecule has 0 aliphatic rings. The van der Waals surface area contributed by atoms with E-state index in [0.717, 1.165) is 11.3 Å². The highest BCUT2D eigenvalue weighted by molar-refractivity contribution is 9.11. The zero-order valence-electron chi connectivity index (χ0n) is 8.18. The summed E-state index contributed by atoms with van der Waals surface area (Å²) in [4.78, 5) is 0. The Labute approximate surface area is 116 Å². The lowest BCUT2D eigenvalue weighted by Gasteiger charge is -2.02. The van der Waals surface area contributed by atoms with Crippen LogP contribution in [0.5, 0.6) is 0 Å². The highest BCUT2D eigenvalue weighted by Gasteiger charge is 2.19. The number of nitrogens with two attached hydrogens (primary N) is 1. The predicted molar refractivity (Wildman–Crippen MR) is 70.2 cm³/mol. The van der Waals surface area contributed by atoms with Gasteiger partial charge in [0.25, 0.3) is 0 Å². The zero-order chi connectivity index (χ0) is 13.3. The Balaban J connectivity index is 2.76. The van der Waals surface area contributed by atoms with Gasteiger partial charge in [-0.3, -0.25) is 0 Å². The Morgan fingerprint density at radius 3 is 2.41 bits per heavy atom. The molecule has 0 spiro atoms. The van der Waals surface area contributed by atoms with Gasteiger partial charge in [0, 0.05) is 6.54 Å². The first-order valence-corrected chi connectivity index (χ1v) is 9.25. The SMILES string of the molecule is NS(=O)(=O)CCNS(=O)(=O)c1cc(Cl)c(Br)s1. The van der Waals surface area contributed by atoms with E-state index in [2.05, 4.69) is 20.7 Å². The van der Waals surface area contributed by atoms with Crippen molar-refractivity contribution in [2.45, 2.75) is 4.21 Å². The van der Waals surface area contributed by atoms with Gasteiger partial charge in [-0.15, -0.1) is 11.3 Å². The van der Waals surface area contributed by atoms with Gasteiger partial charge in [-0.25, -0.2) is 26.7 Å². The fraction of sp³-hybridized carbons (Fsp3) is 0.333. The maximum absolute atomic E-state index is 11.7. The summed E-state index contributed by atoms with van der Waals surface area (Å²) in [5.41, 5.74) is 0. The summed E-state index contributed by atoms with van der Waals surface area (Å²) < 4.78 is 47.2. The molecule has 0 amide bonds. The van der Waals surface area contributed by atoms with Crippen molar-refractivity contribution in [2.75, 3.05) is 12.3 Å². The summed E-state index contributed by atoms with van der Waals surface area (Å²) in [6.45, 7) is -0.283. The number of halogens is 2. The molecular formula is C6H8BrClN2O4S3. The maximum Gasteiger partial charge on any atom is 0.250 e. The van der Waals surface area contributed by atoms with E-state index in [-0.39, 0.29) is 15.8 Å². The Morgan fingerprint density at radius 1 is 1.41 bits per heavy atom. The van der Waals surface area contributed by atoms with E-state index in [4.69, 9.17) is 16.7 Å². The average molecular weight is 384 g/mol. The monoisotopic (exact) mass is 382 g/mol. The van der Waals surface area contributed by atoms with E-state index < -0.39 is 25.8 Å². The fourth-order valence-corrected chi connectivity index (χ4v) is 4.84. The maximum atomic E-state index is 11.7. The minimum atomic E-state index is -3.75. The van der Waals surface area contributed by atoms with Crippen LogP contribution in [0.25, 0.3) is 0 Å². The number of hydrogen-bond acceptors (Lipinski definition) is 5. The Hall–Kier alpha value is 0.290.